The van der Waals surface area contributed by atoms with Gasteiger partial charge in [0.25, 0.3) is 0 Å². The van der Waals surface area contributed by atoms with Gasteiger partial charge in [-0.3, -0.25) is 0 Å². The van der Waals surface area contributed by atoms with E-state index in [9.17, 15) is 0 Å². The van der Waals surface area contributed by atoms with Crippen molar-refractivity contribution >= 4 is 23.2 Å². The van der Waals surface area contributed by atoms with Crippen LogP contribution in [-0.2, 0) is 0 Å². The molecule has 2 aliphatic rings. The fourth-order valence-electron chi connectivity index (χ4n) is 2.46. The first kappa shape index (κ1) is 7.24. The smallest absolute Gasteiger partial charge is 0.0367 e. The molecule has 2 saturated carbocycles. The fraction of sp³-hybridized carbons (Fsp3) is 1.00. The molecule has 0 amide bonds. The quantitative estimate of drug-likeness (QED) is 0.501. The highest BCUT2D eigenvalue weighted by molar-refractivity contribution is 6.22. The summed E-state index contributed by atoms with van der Waals surface area (Å²) in [6.07, 6.45) is 4.93. The monoisotopic (exact) mass is 178 g/mol. The maximum absolute atomic E-state index is 6.12. The summed E-state index contributed by atoms with van der Waals surface area (Å²) >= 11 is 12.2. The minimum absolute atomic E-state index is 0.439. The van der Waals surface area contributed by atoms with Crippen LogP contribution in [0.4, 0.5) is 0 Å². The Morgan fingerprint density at radius 1 is 0.700 bits per heavy atom. The Morgan fingerprint density at radius 2 is 1.10 bits per heavy atom. The largest absolute Gasteiger partial charge is 0.123 e. The summed E-state index contributed by atoms with van der Waals surface area (Å²) in [5.74, 6) is 1.51. The van der Waals surface area contributed by atoms with Crippen molar-refractivity contribution in [2.24, 2.45) is 11.8 Å². The van der Waals surface area contributed by atoms with Gasteiger partial charge in [-0.25, -0.2) is 0 Å². The normalized spacial score (nSPS) is 53.4. The van der Waals surface area contributed by atoms with Gasteiger partial charge in [-0.1, -0.05) is 0 Å². The highest BCUT2D eigenvalue weighted by Crippen LogP contribution is 2.48. The van der Waals surface area contributed by atoms with Crippen molar-refractivity contribution in [3.63, 3.8) is 0 Å². The molecule has 2 fully saturated rings. The number of alkyl halides is 2. The van der Waals surface area contributed by atoms with Gasteiger partial charge in [0.1, 0.15) is 0 Å². The molecule has 0 aromatic rings. The maximum atomic E-state index is 6.12. The van der Waals surface area contributed by atoms with Crippen molar-refractivity contribution < 1.29 is 0 Å². The molecule has 2 heteroatoms. The van der Waals surface area contributed by atoms with Crippen molar-refractivity contribution in [3.05, 3.63) is 0 Å². The van der Waals surface area contributed by atoms with Crippen molar-refractivity contribution in [1.82, 2.24) is 0 Å². The number of hydrogen-bond donors (Lipinski definition) is 0. The van der Waals surface area contributed by atoms with E-state index < -0.39 is 0 Å². The lowest BCUT2D eigenvalue weighted by Crippen LogP contribution is -2.12. The van der Waals surface area contributed by atoms with Crippen LogP contribution >= 0.6 is 23.2 Å². The third-order valence-corrected chi connectivity index (χ3v) is 4.11. The minimum atomic E-state index is 0.439. The highest BCUT2D eigenvalue weighted by atomic mass is 35.5. The van der Waals surface area contributed by atoms with Crippen LogP contribution < -0.4 is 0 Å². The Bertz CT molecular complexity index is 119. The Hall–Kier alpha value is 0.580. The first-order valence-electron chi connectivity index (χ1n) is 4.07. The van der Waals surface area contributed by atoms with Crippen LogP contribution in [0.1, 0.15) is 25.7 Å². The molecule has 0 saturated heterocycles. The predicted octanol–water partition coefficient (Wildman–Crippen LogP) is 3.02. The minimum Gasteiger partial charge on any atom is -0.123 e. The van der Waals surface area contributed by atoms with Gasteiger partial charge in [0.15, 0.2) is 0 Å². The van der Waals surface area contributed by atoms with Gasteiger partial charge in [-0.2, -0.15) is 0 Å². The molecular weight excluding hydrogens is 167 g/mol. The molecule has 2 rings (SSSR count). The Morgan fingerprint density at radius 3 is 1.50 bits per heavy atom. The van der Waals surface area contributed by atoms with Gasteiger partial charge < -0.3 is 0 Å². The van der Waals surface area contributed by atoms with Crippen molar-refractivity contribution in [2.75, 3.05) is 0 Å². The molecule has 4 atom stereocenters. The summed E-state index contributed by atoms with van der Waals surface area (Å²) in [7, 11) is 0. The lowest BCUT2D eigenvalue weighted by atomic mass is 10.0. The SMILES string of the molecule is ClC1CCC2C(Cl)CCC12. The standard InChI is InChI=1S/C8H12Cl2/c9-7-3-1-5-6(7)2-4-8(5)10/h5-8H,1-4H2. The van der Waals surface area contributed by atoms with Crippen LogP contribution in [0, 0.1) is 11.8 Å². The molecule has 0 spiro atoms. The molecule has 0 N–H and O–H groups in total. The zero-order valence-corrected chi connectivity index (χ0v) is 7.41. The summed E-state index contributed by atoms with van der Waals surface area (Å²) < 4.78 is 0. The van der Waals surface area contributed by atoms with Crippen molar-refractivity contribution in [2.45, 2.75) is 36.4 Å². The van der Waals surface area contributed by atoms with Gasteiger partial charge >= 0.3 is 0 Å². The summed E-state index contributed by atoms with van der Waals surface area (Å²) in [6, 6.07) is 0. The molecule has 0 radical (unpaired) electrons. The van der Waals surface area contributed by atoms with Crippen LogP contribution in [0.3, 0.4) is 0 Å². The Labute approximate surface area is 71.9 Å². The molecule has 2 aliphatic carbocycles. The van der Waals surface area contributed by atoms with E-state index in [4.69, 9.17) is 23.2 Å². The first-order valence-corrected chi connectivity index (χ1v) is 4.94. The van der Waals surface area contributed by atoms with Crippen molar-refractivity contribution in [1.29, 1.82) is 0 Å². The number of fused-ring (bicyclic) bond motifs is 1. The highest BCUT2D eigenvalue weighted by Gasteiger charge is 2.43. The van der Waals surface area contributed by atoms with E-state index in [1.54, 1.807) is 0 Å². The van der Waals surface area contributed by atoms with Crippen LogP contribution in [0.2, 0.25) is 0 Å². The van der Waals surface area contributed by atoms with E-state index in [0.717, 1.165) is 11.8 Å². The van der Waals surface area contributed by atoms with E-state index in [1.807, 2.05) is 0 Å². The average Bonchev–Trinajstić information content (AvgIpc) is 2.41. The van der Waals surface area contributed by atoms with E-state index >= 15 is 0 Å². The van der Waals surface area contributed by atoms with Crippen LogP contribution in [0.15, 0.2) is 0 Å². The summed E-state index contributed by atoms with van der Waals surface area (Å²) in [5, 5.41) is 0.877. The molecule has 58 valence electrons. The summed E-state index contributed by atoms with van der Waals surface area (Å²) in [6.45, 7) is 0. The van der Waals surface area contributed by atoms with E-state index in [1.165, 1.54) is 25.7 Å². The third-order valence-electron chi connectivity index (χ3n) is 3.03. The van der Waals surface area contributed by atoms with E-state index in [2.05, 4.69) is 0 Å². The molecule has 4 unspecified atom stereocenters. The van der Waals surface area contributed by atoms with Crippen LogP contribution in [0.5, 0.6) is 0 Å². The van der Waals surface area contributed by atoms with Gasteiger partial charge in [0, 0.05) is 10.8 Å². The van der Waals surface area contributed by atoms with Crippen LogP contribution in [0.25, 0.3) is 0 Å². The Kier molecular flexibility index (Phi) is 1.86. The number of halogens is 2. The second kappa shape index (κ2) is 2.57. The number of rotatable bonds is 0. The van der Waals surface area contributed by atoms with Crippen LogP contribution in [-0.4, -0.2) is 10.8 Å². The molecule has 0 aliphatic heterocycles. The zero-order valence-electron chi connectivity index (χ0n) is 5.89. The van der Waals surface area contributed by atoms with Gasteiger partial charge in [-0.05, 0) is 37.5 Å². The zero-order chi connectivity index (χ0) is 7.14. The van der Waals surface area contributed by atoms with Gasteiger partial charge in [0.2, 0.25) is 0 Å². The maximum Gasteiger partial charge on any atom is 0.0367 e. The first-order chi connectivity index (χ1) is 4.79. The Balaban J connectivity index is 2.09. The topological polar surface area (TPSA) is 0 Å². The molecule has 0 aromatic carbocycles. The lowest BCUT2D eigenvalue weighted by Gasteiger charge is -2.12. The predicted molar refractivity (Wildman–Crippen MR) is 44.7 cm³/mol. The number of hydrogen-bond acceptors (Lipinski definition) is 0. The lowest BCUT2D eigenvalue weighted by molar-refractivity contribution is 0.464. The molecule has 0 aromatic heterocycles. The van der Waals surface area contributed by atoms with Crippen molar-refractivity contribution in [3.8, 4) is 0 Å². The average molecular weight is 179 g/mol. The van der Waals surface area contributed by atoms with Gasteiger partial charge in [0.05, 0.1) is 0 Å². The van der Waals surface area contributed by atoms with E-state index in [-0.39, 0.29) is 0 Å². The molecule has 0 bridgehead atoms. The second-order valence-corrected chi connectivity index (χ2v) is 4.64. The summed E-state index contributed by atoms with van der Waals surface area (Å²) in [4.78, 5) is 0. The van der Waals surface area contributed by atoms with E-state index in [0.29, 0.717) is 10.8 Å². The second-order valence-electron chi connectivity index (χ2n) is 3.51. The molecule has 10 heavy (non-hydrogen) atoms. The summed E-state index contributed by atoms with van der Waals surface area (Å²) in [5.41, 5.74) is 0. The van der Waals surface area contributed by atoms with Gasteiger partial charge in [-0.15, -0.1) is 23.2 Å². The molecule has 0 heterocycles. The molecule has 0 nitrogen and oxygen atoms in total. The third kappa shape index (κ3) is 0.967. The molecular formula is C8H12Cl2. The fourth-order valence-corrected chi connectivity index (χ4v) is 3.34.